The number of carboxylic acids is 1. The highest BCUT2D eigenvalue weighted by Crippen LogP contribution is 2.27. The van der Waals surface area contributed by atoms with Crippen molar-refractivity contribution in [2.24, 2.45) is 5.92 Å². The van der Waals surface area contributed by atoms with Crippen LogP contribution in [0.2, 0.25) is 0 Å². The van der Waals surface area contributed by atoms with Crippen LogP contribution in [0.1, 0.15) is 72.1 Å². The number of imide groups is 1. The Morgan fingerprint density at radius 3 is 2.54 bits per heavy atom. The van der Waals surface area contributed by atoms with Crippen LogP contribution < -0.4 is 16.4 Å². The van der Waals surface area contributed by atoms with Gasteiger partial charge in [-0.05, 0) is 24.5 Å². The van der Waals surface area contributed by atoms with Gasteiger partial charge in [-0.1, -0.05) is 51.0 Å². The normalized spacial score (nSPS) is 14.6. The van der Waals surface area contributed by atoms with Crippen molar-refractivity contribution in [1.29, 1.82) is 0 Å². The zero-order valence-corrected chi connectivity index (χ0v) is 14.9. The highest BCUT2D eigenvalue weighted by atomic mass is 16.4. The average molecular weight is 361 g/mol. The van der Waals surface area contributed by atoms with E-state index in [-0.39, 0.29) is 16.8 Å². The van der Waals surface area contributed by atoms with E-state index in [1.807, 2.05) is 0 Å². The molecule has 7 heteroatoms. The third kappa shape index (κ3) is 5.75. The van der Waals surface area contributed by atoms with E-state index in [4.69, 9.17) is 10.8 Å². The van der Waals surface area contributed by atoms with Gasteiger partial charge in [-0.2, -0.15) is 0 Å². The van der Waals surface area contributed by atoms with Gasteiger partial charge in [-0.15, -0.1) is 0 Å². The lowest BCUT2D eigenvalue weighted by Crippen LogP contribution is -2.40. The number of carbonyl (C=O) groups is 3. The third-order valence-electron chi connectivity index (χ3n) is 4.83. The molecule has 0 heterocycles. The lowest BCUT2D eigenvalue weighted by Gasteiger charge is -2.21. The first kappa shape index (κ1) is 19.8. The van der Waals surface area contributed by atoms with E-state index >= 15 is 0 Å². The number of nitrogens with two attached hydrogens (primary N) is 1. The molecule has 5 N–H and O–H groups in total. The summed E-state index contributed by atoms with van der Waals surface area (Å²) < 4.78 is 0. The maximum absolute atomic E-state index is 12.2. The van der Waals surface area contributed by atoms with Crippen molar-refractivity contribution >= 4 is 23.6 Å². The molecule has 0 aliphatic heterocycles. The predicted octanol–water partition coefficient (Wildman–Crippen LogP) is 3.16. The quantitative estimate of drug-likeness (QED) is 0.439. The maximum atomic E-state index is 12.2. The number of hydrogen-bond donors (Lipinski definition) is 4. The van der Waals surface area contributed by atoms with E-state index in [0.29, 0.717) is 6.54 Å². The summed E-state index contributed by atoms with van der Waals surface area (Å²) in [6.07, 6.45) is 9.72. The SMILES string of the molecule is Nc1cccc(C(=O)O)c1C(=O)NC(=O)NCCCCC1CCCCC1. The van der Waals surface area contributed by atoms with Gasteiger partial charge in [-0.25, -0.2) is 9.59 Å². The van der Waals surface area contributed by atoms with Crippen molar-refractivity contribution in [2.45, 2.75) is 51.4 Å². The van der Waals surface area contributed by atoms with E-state index in [2.05, 4.69) is 10.6 Å². The molecule has 1 aliphatic rings. The van der Waals surface area contributed by atoms with E-state index in [0.717, 1.165) is 18.8 Å². The number of rotatable bonds is 7. The summed E-state index contributed by atoms with van der Waals surface area (Å²) in [5.74, 6) is -1.28. The molecule has 0 radical (unpaired) electrons. The molecule has 7 nitrogen and oxygen atoms in total. The van der Waals surface area contributed by atoms with Crippen LogP contribution in [-0.4, -0.2) is 29.6 Å². The van der Waals surface area contributed by atoms with Gasteiger partial charge >= 0.3 is 12.0 Å². The molecule has 3 amide bonds. The average Bonchev–Trinajstić information content (AvgIpc) is 2.61. The zero-order chi connectivity index (χ0) is 18.9. The summed E-state index contributed by atoms with van der Waals surface area (Å²) in [7, 11) is 0. The highest BCUT2D eigenvalue weighted by molar-refractivity contribution is 6.12. The lowest BCUT2D eigenvalue weighted by atomic mass is 9.86. The smallest absolute Gasteiger partial charge is 0.336 e. The van der Waals surface area contributed by atoms with Gasteiger partial charge in [-0.3, -0.25) is 10.1 Å². The van der Waals surface area contributed by atoms with E-state index in [1.54, 1.807) is 0 Å². The number of carboxylic acid groups (broad SMARTS) is 1. The largest absolute Gasteiger partial charge is 0.478 e. The van der Waals surface area contributed by atoms with Crippen molar-refractivity contribution in [3.05, 3.63) is 29.3 Å². The van der Waals surface area contributed by atoms with Crippen LogP contribution in [-0.2, 0) is 0 Å². The molecular formula is C19H27N3O4. The first-order valence-electron chi connectivity index (χ1n) is 9.20. The maximum Gasteiger partial charge on any atom is 0.336 e. The number of amides is 3. The Morgan fingerprint density at radius 1 is 1.12 bits per heavy atom. The zero-order valence-electron chi connectivity index (χ0n) is 14.9. The minimum atomic E-state index is -1.27. The Morgan fingerprint density at radius 2 is 1.85 bits per heavy atom. The number of nitrogens with one attached hydrogen (secondary N) is 2. The number of unbranched alkanes of at least 4 members (excludes halogenated alkanes) is 1. The van der Waals surface area contributed by atoms with Crippen LogP contribution in [0.4, 0.5) is 10.5 Å². The van der Waals surface area contributed by atoms with Crippen molar-refractivity contribution in [3.8, 4) is 0 Å². The molecule has 2 rings (SSSR count). The summed E-state index contributed by atoms with van der Waals surface area (Å²) in [6, 6.07) is 3.50. The summed E-state index contributed by atoms with van der Waals surface area (Å²) in [5.41, 5.74) is 5.27. The number of carbonyl (C=O) groups excluding carboxylic acids is 2. The van der Waals surface area contributed by atoms with Gasteiger partial charge < -0.3 is 16.2 Å². The molecule has 0 spiro atoms. The third-order valence-corrected chi connectivity index (χ3v) is 4.83. The van der Waals surface area contributed by atoms with Gasteiger partial charge in [0, 0.05) is 12.2 Å². The fourth-order valence-electron chi connectivity index (χ4n) is 3.45. The van der Waals surface area contributed by atoms with E-state index < -0.39 is 17.9 Å². The first-order chi connectivity index (χ1) is 12.5. The van der Waals surface area contributed by atoms with Gasteiger partial charge in [0.1, 0.15) is 0 Å². The van der Waals surface area contributed by atoms with Crippen LogP contribution >= 0.6 is 0 Å². The second-order valence-corrected chi connectivity index (χ2v) is 6.78. The molecule has 0 unspecified atom stereocenters. The molecule has 1 fully saturated rings. The molecular weight excluding hydrogens is 334 g/mol. The number of benzene rings is 1. The second-order valence-electron chi connectivity index (χ2n) is 6.78. The highest BCUT2D eigenvalue weighted by Gasteiger charge is 2.21. The standard InChI is InChI=1S/C19H27N3O4/c20-15-11-6-10-14(18(24)25)16(15)17(23)22-19(26)21-12-5-4-9-13-7-2-1-3-8-13/h6,10-11,13H,1-5,7-9,12,20H2,(H,24,25)(H2,21,22,23,26). The Balaban J connectivity index is 1.74. The predicted molar refractivity (Wildman–Crippen MR) is 99.1 cm³/mol. The molecule has 0 saturated heterocycles. The summed E-state index contributed by atoms with van der Waals surface area (Å²) >= 11 is 0. The molecule has 0 aromatic heterocycles. The number of aromatic carboxylic acids is 1. The number of urea groups is 1. The van der Waals surface area contributed by atoms with Gasteiger partial charge in [0.25, 0.3) is 5.91 Å². The molecule has 0 atom stereocenters. The van der Waals surface area contributed by atoms with Crippen LogP contribution in [0.15, 0.2) is 18.2 Å². The Labute approximate surface area is 153 Å². The minimum absolute atomic E-state index is 0.0164. The van der Waals surface area contributed by atoms with Gasteiger partial charge in [0.2, 0.25) is 0 Å². The summed E-state index contributed by atoms with van der Waals surface area (Å²) in [6.45, 7) is 0.474. The van der Waals surface area contributed by atoms with Gasteiger partial charge in [0.15, 0.2) is 0 Å². The fraction of sp³-hybridized carbons (Fsp3) is 0.526. The Bertz CT molecular complexity index is 654. The molecule has 1 saturated carbocycles. The summed E-state index contributed by atoms with van der Waals surface area (Å²) in [4.78, 5) is 35.2. The van der Waals surface area contributed by atoms with Crippen molar-refractivity contribution < 1.29 is 19.5 Å². The molecule has 1 aliphatic carbocycles. The molecule has 0 bridgehead atoms. The molecule has 142 valence electrons. The van der Waals surface area contributed by atoms with Crippen LogP contribution in [0.25, 0.3) is 0 Å². The number of hydrogen-bond acceptors (Lipinski definition) is 4. The summed E-state index contributed by atoms with van der Waals surface area (Å²) in [5, 5.41) is 13.9. The Hall–Kier alpha value is -2.57. The first-order valence-corrected chi connectivity index (χ1v) is 9.20. The second kappa shape index (κ2) is 9.79. The van der Waals surface area contributed by atoms with E-state index in [1.165, 1.54) is 56.7 Å². The molecule has 26 heavy (non-hydrogen) atoms. The number of nitrogen functional groups attached to an aromatic ring is 1. The van der Waals surface area contributed by atoms with E-state index in [9.17, 15) is 14.4 Å². The fourth-order valence-corrected chi connectivity index (χ4v) is 3.45. The number of anilines is 1. The van der Waals surface area contributed by atoms with Crippen LogP contribution in [0, 0.1) is 5.92 Å². The topological polar surface area (TPSA) is 122 Å². The van der Waals surface area contributed by atoms with Crippen molar-refractivity contribution in [3.63, 3.8) is 0 Å². The molecule has 1 aromatic carbocycles. The minimum Gasteiger partial charge on any atom is -0.478 e. The van der Waals surface area contributed by atoms with Gasteiger partial charge in [0.05, 0.1) is 11.1 Å². The molecule has 1 aromatic rings. The Kier molecular flexibility index (Phi) is 7.44. The van der Waals surface area contributed by atoms with Crippen LogP contribution in [0.3, 0.4) is 0 Å². The van der Waals surface area contributed by atoms with Crippen molar-refractivity contribution in [2.75, 3.05) is 12.3 Å². The lowest BCUT2D eigenvalue weighted by molar-refractivity contribution is 0.0691. The van der Waals surface area contributed by atoms with Crippen LogP contribution in [0.5, 0.6) is 0 Å². The van der Waals surface area contributed by atoms with Crippen molar-refractivity contribution in [1.82, 2.24) is 10.6 Å². The monoisotopic (exact) mass is 361 g/mol.